The summed E-state index contributed by atoms with van der Waals surface area (Å²) in [5.74, 6) is 0. The summed E-state index contributed by atoms with van der Waals surface area (Å²) in [5, 5.41) is 0. The van der Waals surface area contributed by atoms with E-state index < -0.39 is 16.6 Å². The molecular formula is C21H52O2Si2. The Morgan fingerprint density at radius 3 is 1.16 bits per heavy atom. The van der Waals surface area contributed by atoms with Gasteiger partial charge in [-0.15, -0.1) is 0 Å². The standard InChI is InChI=1S/C11H26OSi.C6H14.C4H12OSi/c1-5-6-7-8-9-10-11-13(3,4)12-2;1-3-5-6-4-2;1-5-6(2,3)4/h5-11H2,1-4H3;3-6H2,1-2H3;1-4H3. The van der Waals surface area contributed by atoms with Crippen LogP contribution in [0.15, 0.2) is 0 Å². The van der Waals surface area contributed by atoms with E-state index in [4.69, 9.17) is 8.85 Å². The molecule has 4 heteroatoms. The summed E-state index contributed by atoms with van der Waals surface area (Å²) in [7, 11) is 1.26. The van der Waals surface area contributed by atoms with Crippen LogP contribution in [0.1, 0.15) is 85.0 Å². The second-order valence-corrected chi connectivity index (χ2v) is 17.6. The van der Waals surface area contributed by atoms with Gasteiger partial charge in [-0.2, -0.15) is 0 Å². The highest BCUT2D eigenvalue weighted by Crippen LogP contribution is 2.16. The third kappa shape index (κ3) is 36.1. The Balaban J connectivity index is -0.000000336. The van der Waals surface area contributed by atoms with Crippen LogP contribution in [0.5, 0.6) is 0 Å². The van der Waals surface area contributed by atoms with Crippen molar-refractivity contribution in [2.75, 3.05) is 14.2 Å². The van der Waals surface area contributed by atoms with E-state index in [-0.39, 0.29) is 0 Å². The maximum Gasteiger partial charge on any atom is 0.186 e. The minimum atomic E-state index is -1.25. The number of hydrogen-bond donors (Lipinski definition) is 0. The van der Waals surface area contributed by atoms with E-state index in [9.17, 15) is 0 Å². The van der Waals surface area contributed by atoms with Crippen molar-refractivity contribution >= 4 is 16.6 Å². The van der Waals surface area contributed by atoms with Gasteiger partial charge >= 0.3 is 0 Å². The van der Waals surface area contributed by atoms with Gasteiger partial charge in [0.15, 0.2) is 16.6 Å². The van der Waals surface area contributed by atoms with Crippen LogP contribution in [-0.2, 0) is 8.85 Å². The van der Waals surface area contributed by atoms with Crippen LogP contribution < -0.4 is 0 Å². The van der Waals surface area contributed by atoms with Crippen molar-refractivity contribution in [3.05, 3.63) is 0 Å². The molecule has 0 heterocycles. The summed E-state index contributed by atoms with van der Waals surface area (Å²) in [6, 6.07) is 1.33. The molecule has 0 saturated heterocycles. The zero-order valence-electron chi connectivity index (χ0n) is 19.6. The molecule has 0 rings (SSSR count). The van der Waals surface area contributed by atoms with Crippen LogP contribution in [0.4, 0.5) is 0 Å². The fraction of sp³-hybridized carbons (Fsp3) is 1.00. The van der Waals surface area contributed by atoms with Crippen molar-refractivity contribution in [2.45, 2.75) is 124 Å². The molecule has 0 aliphatic carbocycles. The average molecular weight is 393 g/mol. The average Bonchev–Trinajstić information content (AvgIpc) is 2.56. The van der Waals surface area contributed by atoms with Gasteiger partial charge in [0, 0.05) is 14.2 Å². The van der Waals surface area contributed by atoms with Crippen LogP contribution in [-0.4, -0.2) is 30.9 Å². The zero-order valence-corrected chi connectivity index (χ0v) is 21.6. The highest BCUT2D eigenvalue weighted by Gasteiger charge is 2.18. The Morgan fingerprint density at radius 1 is 0.520 bits per heavy atom. The third-order valence-electron chi connectivity index (χ3n) is 4.25. The quantitative estimate of drug-likeness (QED) is 0.246. The molecule has 0 aromatic heterocycles. The molecule has 2 nitrogen and oxygen atoms in total. The van der Waals surface area contributed by atoms with E-state index in [0.29, 0.717) is 0 Å². The van der Waals surface area contributed by atoms with Gasteiger partial charge in [0.2, 0.25) is 0 Å². The minimum Gasteiger partial charge on any atom is -0.421 e. The summed E-state index contributed by atoms with van der Waals surface area (Å²) >= 11 is 0. The molecule has 0 aliphatic heterocycles. The Bertz CT molecular complexity index is 235. The lowest BCUT2D eigenvalue weighted by atomic mass is 10.1. The first-order chi connectivity index (χ1) is 11.6. The molecule has 0 saturated carbocycles. The van der Waals surface area contributed by atoms with E-state index in [0.717, 1.165) is 0 Å². The SMILES string of the molecule is CCCCCC.CCCCCCCC[Si](C)(C)OC.CO[Si](C)(C)C. The van der Waals surface area contributed by atoms with Gasteiger partial charge in [-0.05, 0) is 38.8 Å². The van der Waals surface area contributed by atoms with Crippen LogP contribution in [0.3, 0.4) is 0 Å². The van der Waals surface area contributed by atoms with E-state index in [2.05, 4.69) is 53.5 Å². The lowest BCUT2D eigenvalue weighted by Gasteiger charge is -2.19. The van der Waals surface area contributed by atoms with E-state index in [1.54, 1.807) is 7.11 Å². The molecule has 0 radical (unpaired) electrons. The Labute approximate surface area is 163 Å². The molecule has 0 aromatic rings. The van der Waals surface area contributed by atoms with Gasteiger partial charge in [-0.1, -0.05) is 85.0 Å². The normalized spacial score (nSPS) is 11.3. The van der Waals surface area contributed by atoms with Crippen molar-refractivity contribution in [3.63, 3.8) is 0 Å². The van der Waals surface area contributed by atoms with Crippen LogP contribution >= 0.6 is 0 Å². The second kappa shape index (κ2) is 20.7. The lowest BCUT2D eigenvalue weighted by molar-refractivity contribution is 0.400. The predicted molar refractivity (Wildman–Crippen MR) is 123 cm³/mol. The van der Waals surface area contributed by atoms with Crippen LogP contribution in [0.25, 0.3) is 0 Å². The number of unbranched alkanes of at least 4 members (excludes halogenated alkanes) is 8. The second-order valence-electron chi connectivity index (χ2n) is 8.51. The number of rotatable bonds is 12. The molecule has 0 aromatic carbocycles. The maximum absolute atomic E-state index is 5.50. The van der Waals surface area contributed by atoms with Crippen LogP contribution in [0, 0.1) is 0 Å². The molecule has 25 heavy (non-hydrogen) atoms. The van der Waals surface area contributed by atoms with Gasteiger partial charge in [0.05, 0.1) is 0 Å². The molecule has 0 aliphatic rings. The van der Waals surface area contributed by atoms with Crippen molar-refractivity contribution in [1.82, 2.24) is 0 Å². The molecule has 156 valence electrons. The van der Waals surface area contributed by atoms with Gasteiger partial charge < -0.3 is 8.85 Å². The summed E-state index contributed by atoms with van der Waals surface area (Å²) in [6.07, 6.45) is 13.9. The van der Waals surface area contributed by atoms with Crippen molar-refractivity contribution in [1.29, 1.82) is 0 Å². The van der Waals surface area contributed by atoms with Crippen LogP contribution in [0.2, 0.25) is 38.8 Å². The third-order valence-corrected chi connectivity index (χ3v) is 8.14. The zero-order chi connectivity index (χ0) is 20.2. The largest absolute Gasteiger partial charge is 0.421 e. The van der Waals surface area contributed by atoms with Gasteiger partial charge in [-0.3, -0.25) is 0 Å². The summed E-state index contributed by atoms with van der Waals surface area (Å²) in [4.78, 5) is 0. The highest BCUT2D eigenvalue weighted by atomic mass is 28.4. The summed E-state index contributed by atoms with van der Waals surface area (Å²) < 4.78 is 10.6. The van der Waals surface area contributed by atoms with Crippen molar-refractivity contribution in [3.8, 4) is 0 Å². The topological polar surface area (TPSA) is 18.5 Å². The fourth-order valence-corrected chi connectivity index (χ4v) is 3.24. The lowest BCUT2D eigenvalue weighted by Crippen LogP contribution is -2.27. The van der Waals surface area contributed by atoms with Gasteiger partial charge in [-0.25, -0.2) is 0 Å². The molecule has 0 atom stereocenters. The molecule has 0 amide bonds. The minimum absolute atomic E-state index is 1.13. The predicted octanol–water partition coefficient (Wildman–Crippen LogP) is 8.25. The Kier molecular flexibility index (Phi) is 24.9. The highest BCUT2D eigenvalue weighted by molar-refractivity contribution is 6.71. The molecule has 0 spiro atoms. The molecule has 0 fully saturated rings. The Morgan fingerprint density at radius 2 is 0.840 bits per heavy atom. The smallest absolute Gasteiger partial charge is 0.186 e. The summed E-state index contributed by atoms with van der Waals surface area (Å²) in [5.41, 5.74) is 0. The first-order valence-electron chi connectivity index (χ1n) is 10.7. The molecule has 0 unspecified atom stereocenters. The first-order valence-corrected chi connectivity index (χ1v) is 17.2. The van der Waals surface area contributed by atoms with E-state index in [1.807, 2.05) is 7.11 Å². The molecular weight excluding hydrogens is 340 g/mol. The summed E-state index contributed by atoms with van der Waals surface area (Å²) in [6.45, 7) is 17.8. The van der Waals surface area contributed by atoms with Gasteiger partial charge in [0.1, 0.15) is 0 Å². The Hall–Kier alpha value is 0.354. The van der Waals surface area contributed by atoms with Crippen molar-refractivity contribution < 1.29 is 8.85 Å². The maximum atomic E-state index is 5.50. The molecule has 0 bridgehead atoms. The van der Waals surface area contributed by atoms with Crippen molar-refractivity contribution in [2.24, 2.45) is 0 Å². The van der Waals surface area contributed by atoms with E-state index in [1.165, 1.54) is 70.3 Å². The first kappa shape index (κ1) is 30.1. The fourth-order valence-electron chi connectivity index (χ4n) is 1.93. The van der Waals surface area contributed by atoms with Gasteiger partial charge in [0.25, 0.3) is 0 Å². The number of hydrogen-bond acceptors (Lipinski definition) is 2. The molecule has 0 N–H and O–H groups in total. The van der Waals surface area contributed by atoms with E-state index >= 15 is 0 Å². The monoisotopic (exact) mass is 392 g/mol.